The van der Waals surface area contributed by atoms with Crippen molar-refractivity contribution in [3.63, 3.8) is 0 Å². The highest BCUT2D eigenvalue weighted by Gasteiger charge is 2.33. The first-order valence-electron chi connectivity index (χ1n) is 9.89. The van der Waals surface area contributed by atoms with Gasteiger partial charge in [0, 0.05) is 0 Å². The average Bonchev–Trinajstić information content (AvgIpc) is 2.59. The summed E-state index contributed by atoms with van der Waals surface area (Å²) in [7, 11) is 0. The number of unbranched alkanes of at least 4 members (excludes halogenated alkanes) is 1. The maximum atomic E-state index is 2.63. The summed E-state index contributed by atoms with van der Waals surface area (Å²) in [5.41, 5.74) is 5.55. The zero-order valence-electron chi connectivity index (χ0n) is 14.8. The molecule has 1 fully saturated rings. The van der Waals surface area contributed by atoms with E-state index in [-0.39, 0.29) is 0 Å². The number of aryl methyl sites for hydroxylation is 1. The van der Waals surface area contributed by atoms with Crippen LogP contribution in [0.1, 0.15) is 94.7 Å². The molecule has 0 N–H and O–H groups in total. The highest BCUT2D eigenvalue weighted by Crippen LogP contribution is 2.44. The van der Waals surface area contributed by atoms with Crippen molar-refractivity contribution in [3.8, 4) is 0 Å². The van der Waals surface area contributed by atoms with Gasteiger partial charge < -0.3 is 0 Å². The molecule has 0 radical (unpaired) electrons. The minimum absolute atomic E-state index is 0.519. The largest absolute Gasteiger partial charge is 0.0654 e. The molecule has 0 heteroatoms. The van der Waals surface area contributed by atoms with Gasteiger partial charge in [0.15, 0.2) is 0 Å². The molecule has 0 aromatic heterocycles. The Balaban J connectivity index is 1.85. The van der Waals surface area contributed by atoms with Crippen molar-refractivity contribution in [2.24, 2.45) is 5.92 Å². The van der Waals surface area contributed by atoms with E-state index in [1.54, 1.807) is 16.7 Å². The Hall–Kier alpha value is -0.780. The minimum Gasteiger partial charge on any atom is -0.0654 e. The molecule has 1 saturated carbocycles. The van der Waals surface area contributed by atoms with Crippen molar-refractivity contribution < 1.29 is 0 Å². The lowest BCUT2D eigenvalue weighted by Gasteiger charge is -2.39. The summed E-state index contributed by atoms with van der Waals surface area (Å²) in [5.74, 6) is 0.932. The normalized spacial score (nSPS) is 24.0. The monoisotopic (exact) mass is 298 g/mol. The van der Waals surface area contributed by atoms with E-state index >= 15 is 0 Å². The van der Waals surface area contributed by atoms with E-state index < -0.39 is 0 Å². The van der Waals surface area contributed by atoms with Gasteiger partial charge in [-0.2, -0.15) is 0 Å². The first kappa shape index (κ1) is 16.1. The van der Waals surface area contributed by atoms with Crippen molar-refractivity contribution in [1.82, 2.24) is 0 Å². The van der Waals surface area contributed by atoms with E-state index in [9.17, 15) is 0 Å². The highest BCUT2D eigenvalue weighted by molar-refractivity contribution is 5.38. The molecule has 1 aromatic rings. The van der Waals surface area contributed by atoms with Gasteiger partial charge in [0.1, 0.15) is 0 Å². The number of rotatable bonds is 5. The maximum absolute atomic E-state index is 2.63. The van der Waals surface area contributed by atoms with Crippen LogP contribution in [0.5, 0.6) is 0 Å². The number of benzene rings is 1. The van der Waals surface area contributed by atoms with Crippen molar-refractivity contribution in [2.45, 2.75) is 96.3 Å². The smallest absolute Gasteiger partial charge is 0.00469 e. The van der Waals surface area contributed by atoms with Crippen LogP contribution in [-0.4, -0.2) is 0 Å². The van der Waals surface area contributed by atoms with Crippen molar-refractivity contribution >= 4 is 0 Å². The molecular formula is C22H34. The number of fused-ring (bicyclic) bond motifs is 1. The van der Waals surface area contributed by atoms with Crippen LogP contribution in [0.4, 0.5) is 0 Å². The molecule has 0 saturated heterocycles. The lowest BCUT2D eigenvalue weighted by molar-refractivity contribution is 0.267. The second-order valence-electron chi connectivity index (χ2n) is 7.95. The number of hydrogen-bond acceptors (Lipinski definition) is 0. The molecule has 0 aliphatic heterocycles. The van der Waals surface area contributed by atoms with Crippen LogP contribution < -0.4 is 0 Å². The van der Waals surface area contributed by atoms with Crippen molar-refractivity contribution in [1.29, 1.82) is 0 Å². The molecule has 22 heavy (non-hydrogen) atoms. The quantitative estimate of drug-likeness (QED) is 0.575. The molecule has 2 aliphatic rings. The summed E-state index contributed by atoms with van der Waals surface area (Å²) in [5, 5.41) is 0. The molecule has 2 aliphatic carbocycles. The van der Waals surface area contributed by atoms with Crippen LogP contribution in [0, 0.1) is 5.92 Å². The van der Waals surface area contributed by atoms with Crippen LogP contribution in [0.3, 0.4) is 0 Å². The van der Waals surface area contributed by atoms with Crippen LogP contribution in [0.2, 0.25) is 0 Å². The Morgan fingerprint density at radius 3 is 2.59 bits per heavy atom. The second-order valence-corrected chi connectivity index (χ2v) is 7.95. The summed E-state index contributed by atoms with van der Waals surface area (Å²) in [4.78, 5) is 0. The van der Waals surface area contributed by atoms with E-state index in [4.69, 9.17) is 0 Å². The Labute approximate surface area is 137 Å². The lowest BCUT2D eigenvalue weighted by Crippen LogP contribution is -2.29. The molecule has 122 valence electrons. The topological polar surface area (TPSA) is 0 Å². The van der Waals surface area contributed by atoms with Gasteiger partial charge in [-0.1, -0.05) is 70.6 Å². The third-order valence-electron chi connectivity index (χ3n) is 6.55. The molecule has 1 aromatic carbocycles. The van der Waals surface area contributed by atoms with E-state index in [1.165, 1.54) is 77.0 Å². The Bertz CT molecular complexity index is 479. The Morgan fingerprint density at radius 2 is 1.86 bits per heavy atom. The number of hydrogen-bond donors (Lipinski definition) is 0. The summed E-state index contributed by atoms with van der Waals surface area (Å²) in [6.07, 6.45) is 16.8. The molecule has 1 unspecified atom stereocenters. The van der Waals surface area contributed by atoms with Gasteiger partial charge in [-0.3, -0.25) is 0 Å². The zero-order chi connectivity index (χ0) is 15.4. The molecular weight excluding hydrogens is 264 g/mol. The van der Waals surface area contributed by atoms with Crippen LogP contribution in [0.15, 0.2) is 18.2 Å². The van der Waals surface area contributed by atoms with Crippen LogP contribution >= 0.6 is 0 Å². The van der Waals surface area contributed by atoms with Gasteiger partial charge in [-0.25, -0.2) is 0 Å². The first-order chi connectivity index (χ1) is 10.8. The van der Waals surface area contributed by atoms with Gasteiger partial charge in [-0.15, -0.1) is 0 Å². The van der Waals surface area contributed by atoms with Crippen LogP contribution in [-0.2, 0) is 18.3 Å². The third kappa shape index (κ3) is 3.26. The molecule has 3 rings (SSSR count). The van der Waals surface area contributed by atoms with E-state index in [0.29, 0.717) is 5.41 Å². The van der Waals surface area contributed by atoms with Crippen molar-refractivity contribution in [2.75, 3.05) is 0 Å². The molecule has 1 atom stereocenters. The predicted octanol–water partition coefficient (Wildman–Crippen LogP) is 6.59. The molecule has 0 amide bonds. The third-order valence-corrected chi connectivity index (χ3v) is 6.55. The highest BCUT2D eigenvalue weighted by atomic mass is 14.4. The van der Waals surface area contributed by atoms with Gasteiger partial charge >= 0.3 is 0 Å². The summed E-state index contributed by atoms with van der Waals surface area (Å²) < 4.78 is 0. The van der Waals surface area contributed by atoms with Crippen LogP contribution in [0.25, 0.3) is 0 Å². The van der Waals surface area contributed by atoms with E-state index in [2.05, 4.69) is 32.0 Å². The van der Waals surface area contributed by atoms with E-state index in [0.717, 1.165) is 5.92 Å². The fourth-order valence-electron chi connectivity index (χ4n) is 4.94. The lowest BCUT2D eigenvalue weighted by atomic mass is 9.66. The zero-order valence-corrected chi connectivity index (χ0v) is 14.8. The minimum atomic E-state index is 0.519. The average molecular weight is 299 g/mol. The fourth-order valence-corrected chi connectivity index (χ4v) is 4.94. The SMILES string of the molecule is CCCCC1(c2ccc3c(c2)CCC(CC)C3)CCCCC1. The van der Waals surface area contributed by atoms with E-state index in [1.807, 2.05) is 0 Å². The molecule has 0 nitrogen and oxygen atoms in total. The molecule has 0 heterocycles. The summed E-state index contributed by atoms with van der Waals surface area (Å²) in [6, 6.07) is 7.63. The maximum Gasteiger partial charge on any atom is -0.00469 e. The van der Waals surface area contributed by atoms with Gasteiger partial charge in [0.05, 0.1) is 0 Å². The second kappa shape index (κ2) is 7.20. The van der Waals surface area contributed by atoms with Gasteiger partial charge in [0.2, 0.25) is 0 Å². The Morgan fingerprint density at radius 1 is 1.05 bits per heavy atom. The standard InChI is InChI=1S/C22H34/c1-3-5-13-22(14-7-6-8-15-22)21-12-11-19-16-18(4-2)9-10-20(19)17-21/h11-12,17-18H,3-10,13-16H2,1-2H3. The van der Waals surface area contributed by atoms with Gasteiger partial charge in [-0.05, 0) is 66.5 Å². The molecule has 0 spiro atoms. The Kier molecular flexibility index (Phi) is 5.26. The predicted molar refractivity (Wildman–Crippen MR) is 96.5 cm³/mol. The summed E-state index contributed by atoms with van der Waals surface area (Å²) in [6.45, 7) is 4.69. The van der Waals surface area contributed by atoms with Gasteiger partial charge in [0.25, 0.3) is 0 Å². The first-order valence-corrected chi connectivity index (χ1v) is 9.89. The summed E-state index contributed by atoms with van der Waals surface area (Å²) >= 11 is 0. The molecule has 0 bridgehead atoms. The van der Waals surface area contributed by atoms with Crippen molar-refractivity contribution in [3.05, 3.63) is 34.9 Å². The fraction of sp³-hybridized carbons (Fsp3) is 0.727.